The number of rotatable bonds is 5. The van der Waals surface area contributed by atoms with E-state index in [0.29, 0.717) is 5.69 Å². The van der Waals surface area contributed by atoms with Crippen LogP contribution in [0.5, 0.6) is 0 Å². The van der Waals surface area contributed by atoms with Crippen LogP contribution in [0.3, 0.4) is 0 Å². The van der Waals surface area contributed by atoms with E-state index in [4.69, 9.17) is 5.11 Å². The molecule has 0 aliphatic carbocycles. The Morgan fingerprint density at radius 2 is 1.71 bits per heavy atom. The number of benzene rings is 1. The molecule has 0 heterocycles. The lowest BCUT2D eigenvalue weighted by atomic mass is 10.3. The predicted octanol–water partition coefficient (Wildman–Crippen LogP) is 0.943. The quantitative estimate of drug-likeness (QED) is 0.730. The summed E-state index contributed by atoms with van der Waals surface area (Å²) >= 11 is 0. The molecular weight excluding hydrogens is 244 g/mol. The molecule has 0 aromatic heterocycles. The Labute approximate surface area is 99.7 Å². The molecule has 1 rings (SSSR count). The van der Waals surface area contributed by atoms with Gasteiger partial charge in [-0.05, 0) is 31.2 Å². The highest BCUT2D eigenvalue weighted by Gasteiger charge is 2.27. The molecule has 1 aromatic carbocycles. The van der Waals surface area contributed by atoms with Crippen molar-refractivity contribution in [2.45, 2.75) is 12.2 Å². The third kappa shape index (κ3) is 3.35. The van der Waals surface area contributed by atoms with Gasteiger partial charge < -0.3 is 10.4 Å². The molecule has 0 saturated heterocycles. The van der Waals surface area contributed by atoms with Gasteiger partial charge >= 0.3 is 5.97 Å². The number of aliphatic carboxylic acids is 1. The average Bonchev–Trinajstić information content (AvgIpc) is 2.28. The maximum atomic E-state index is 11.6. The summed E-state index contributed by atoms with van der Waals surface area (Å²) < 4.78 is 25.4. The molecule has 0 saturated carbocycles. The van der Waals surface area contributed by atoms with E-state index in [1.165, 1.54) is 0 Å². The molecule has 0 amide bonds. The molecule has 0 fully saturated rings. The number of hydrogen-bond acceptors (Lipinski definition) is 4. The fourth-order valence-electron chi connectivity index (χ4n) is 1.09. The Balaban J connectivity index is 2.86. The zero-order valence-electron chi connectivity index (χ0n) is 9.47. The van der Waals surface area contributed by atoms with Crippen LogP contribution >= 0.6 is 0 Å². The summed E-state index contributed by atoms with van der Waals surface area (Å²) in [5.41, 5.74) is 1.16. The van der Waals surface area contributed by atoms with Gasteiger partial charge in [-0.25, -0.2) is 8.42 Å². The van der Waals surface area contributed by atoms with E-state index in [1.807, 2.05) is 0 Å². The van der Waals surface area contributed by atoms with Gasteiger partial charge in [-0.1, -0.05) is 0 Å². The van der Waals surface area contributed by atoms with Gasteiger partial charge in [0.1, 0.15) is 0 Å². The van der Waals surface area contributed by atoms with Crippen molar-refractivity contribution < 1.29 is 18.3 Å². The van der Waals surface area contributed by atoms with Crippen LogP contribution in [0.1, 0.15) is 6.92 Å². The second-order valence-corrected chi connectivity index (χ2v) is 5.46. The first-order chi connectivity index (χ1) is 7.86. The number of carbonyl (C=O) groups is 1. The Morgan fingerprint density at radius 1 is 1.24 bits per heavy atom. The maximum absolute atomic E-state index is 11.6. The summed E-state index contributed by atoms with van der Waals surface area (Å²) in [5.74, 6) is -1.38. The standard InChI is InChI=1S/C10H14N2O4S/c1-7(10(13)14)17(15,16)12-9-5-3-8(11-2)4-6-9/h3-7,11-12H,1-2H3,(H,13,14). The van der Waals surface area contributed by atoms with Crippen LogP contribution in [0.15, 0.2) is 24.3 Å². The Kier molecular flexibility index (Phi) is 3.95. The van der Waals surface area contributed by atoms with Crippen molar-refractivity contribution in [1.82, 2.24) is 0 Å². The van der Waals surface area contributed by atoms with Crippen LogP contribution in [0.2, 0.25) is 0 Å². The van der Waals surface area contributed by atoms with E-state index in [1.54, 1.807) is 31.3 Å². The highest BCUT2D eigenvalue weighted by atomic mass is 32.2. The third-order valence-electron chi connectivity index (χ3n) is 2.25. The average molecular weight is 258 g/mol. The molecule has 0 radical (unpaired) electrons. The zero-order chi connectivity index (χ0) is 13.1. The van der Waals surface area contributed by atoms with E-state index in [-0.39, 0.29) is 0 Å². The lowest BCUT2D eigenvalue weighted by Gasteiger charge is -2.11. The number of nitrogens with one attached hydrogen (secondary N) is 2. The normalized spacial score (nSPS) is 12.8. The molecule has 3 N–H and O–H groups in total. The van der Waals surface area contributed by atoms with Gasteiger partial charge in [-0.2, -0.15) is 0 Å². The second-order valence-electron chi connectivity index (χ2n) is 3.45. The molecule has 1 unspecified atom stereocenters. The van der Waals surface area contributed by atoms with Crippen molar-refractivity contribution in [3.63, 3.8) is 0 Å². The number of carboxylic acids is 1. The molecule has 7 heteroatoms. The highest BCUT2D eigenvalue weighted by molar-refractivity contribution is 7.94. The van der Waals surface area contributed by atoms with Crippen molar-refractivity contribution in [1.29, 1.82) is 0 Å². The monoisotopic (exact) mass is 258 g/mol. The van der Waals surface area contributed by atoms with E-state index >= 15 is 0 Å². The number of hydrogen-bond donors (Lipinski definition) is 3. The van der Waals surface area contributed by atoms with Gasteiger partial charge in [0.15, 0.2) is 5.25 Å². The number of carboxylic acid groups (broad SMARTS) is 1. The first-order valence-electron chi connectivity index (χ1n) is 4.89. The van der Waals surface area contributed by atoms with Gasteiger partial charge in [0.2, 0.25) is 10.0 Å². The summed E-state index contributed by atoms with van der Waals surface area (Å²) in [5, 5.41) is 10.0. The molecular formula is C10H14N2O4S. The summed E-state index contributed by atoms with van der Waals surface area (Å²) in [6.07, 6.45) is 0. The first kappa shape index (κ1) is 13.3. The minimum Gasteiger partial charge on any atom is -0.480 e. The first-order valence-corrected chi connectivity index (χ1v) is 6.43. The van der Waals surface area contributed by atoms with Crippen LogP contribution in [0.4, 0.5) is 11.4 Å². The molecule has 1 atom stereocenters. The van der Waals surface area contributed by atoms with Gasteiger partial charge in [-0.3, -0.25) is 9.52 Å². The zero-order valence-corrected chi connectivity index (χ0v) is 10.3. The van der Waals surface area contributed by atoms with Crippen molar-refractivity contribution >= 4 is 27.4 Å². The van der Waals surface area contributed by atoms with E-state index < -0.39 is 21.2 Å². The molecule has 1 aromatic rings. The SMILES string of the molecule is CNc1ccc(NS(=O)(=O)C(C)C(=O)O)cc1. The lowest BCUT2D eigenvalue weighted by molar-refractivity contribution is -0.136. The molecule has 17 heavy (non-hydrogen) atoms. The minimum atomic E-state index is -3.90. The molecule has 0 aliphatic rings. The highest BCUT2D eigenvalue weighted by Crippen LogP contribution is 2.15. The Bertz CT molecular complexity index is 496. The van der Waals surface area contributed by atoms with Gasteiger partial charge in [0, 0.05) is 18.4 Å². The van der Waals surface area contributed by atoms with E-state index in [0.717, 1.165) is 12.6 Å². The lowest BCUT2D eigenvalue weighted by Crippen LogP contribution is -2.32. The van der Waals surface area contributed by atoms with Crippen molar-refractivity contribution in [2.24, 2.45) is 0 Å². The minimum absolute atomic E-state index is 0.331. The molecule has 0 bridgehead atoms. The van der Waals surface area contributed by atoms with Gasteiger partial charge in [0.25, 0.3) is 0 Å². The van der Waals surface area contributed by atoms with Crippen molar-refractivity contribution in [2.75, 3.05) is 17.1 Å². The van der Waals surface area contributed by atoms with Crippen LogP contribution in [-0.2, 0) is 14.8 Å². The predicted molar refractivity (Wildman–Crippen MR) is 65.6 cm³/mol. The van der Waals surface area contributed by atoms with Gasteiger partial charge in [-0.15, -0.1) is 0 Å². The summed E-state index contributed by atoms with van der Waals surface area (Å²) in [6.45, 7) is 1.12. The van der Waals surface area contributed by atoms with Crippen LogP contribution in [-0.4, -0.2) is 31.8 Å². The van der Waals surface area contributed by atoms with E-state index in [9.17, 15) is 13.2 Å². The van der Waals surface area contributed by atoms with Crippen LogP contribution in [0.25, 0.3) is 0 Å². The van der Waals surface area contributed by atoms with Crippen molar-refractivity contribution in [3.8, 4) is 0 Å². The van der Waals surface area contributed by atoms with Crippen LogP contribution in [0, 0.1) is 0 Å². The number of sulfonamides is 1. The van der Waals surface area contributed by atoms with Crippen molar-refractivity contribution in [3.05, 3.63) is 24.3 Å². The Morgan fingerprint density at radius 3 is 2.12 bits per heavy atom. The summed E-state index contributed by atoms with van der Waals surface area (Å²) in [6, 6.07) is 6.47. The van der Waals surface area contributed by atoms with E-state index in [2.05, 4.69) is 10.0 Å². The molecule has 6 nitrogen and oxygen atoms in total. The summed E-state index contributed by atoms with van der Waals surface area (Å²) in [4.78, 5) is 10.6. The number of anilines is 2. The molecule has 94 valence electrons. The summed E-state index contributed by atoms with van der Waals surface area (Å²) in [7, 11) is -2.16. The third-order valence-corrected chi connectivity index (χ3v) is 3.90. The molecule has 0 aliphatic heterocycles. The Hall–Kier alpha value is -1.76. The van der Waals surface area contributed by atoms with Gasteiger partial charge in [0.05, 0.1) is 0 Å². The fourth-order valence-corrected chi connectivity index (χ4v) is 2.00. The van der Waals surface area contributed by atoms with Crippen LogP contribution < -0.4 is 10.0 Å². The molecule has 0 spiro atoms. The topological polar surface area (TPSA) is 95.5 Å². The largest absolute Gasteiger partial charge is 0.480 e. The smallest absolute Gasteiger partial charge is 0.323 e. The maximum Gasteiger partial charge on any atom is 0.323 e. The fraction of sp³-hybridized carbons (Fsp3) is 0.300. The second kappa shape index (κ2) is 5.05.